The lowest BCUT2D eigenvalue weighted by atomic mass is 9.94. The second-order valence-electron chi connectivity index (χ2n) is 7.42. The number of nitrogen functional groups attached to an aromatic ring is 1. The molecular formula is C22H18F4N4O2S. The van der Waals surface area contributed by atoms with Crippen LogP contribution in [-0.2, 0) is 17.4 Å². The molecule has 1 aliphatic heterocycles. The van der Waals surface area contributed by atoms with Crippen molar-refractivity contribution in [2.45, 2.75) is 6.18 Å². The molecule has 1 fully saturated rings. The van der Waals surface area contributed by atoms with Gasteiger partial charge in [0, 0.05) is 29.1 Å². The van der Waals surface area contributed by atoms with E-state index < -0.39 is 34.6 Å². The molecule has 0 bridgehead atoms. The van der Waals surface area contributed by atoms with Crippen molar-refractivity contribution >= 4 is 23.0 Å². The highest BCUT2D eigenvalue weighted by atomic mass is 32.2. The van der Waals surface area contributed by atoms with Gasteiger partial charge in [-0.3, -0.25) is 4.79 Å². The molecular weight excluding hydrogens is 460 g/mol. The monoisotopic (exact) mass is 478 g/mol. The third-order valence-electron chi connectivity index (χ3n) is 5.31. The molecule has 33 heavy (non-hydrogen) atoms. The minimum Gasteiger partial charge on any atom is -0.616 e. The van der Waals surface area contributed by atoms with Gasteiger partial charge in [-0.25, -0.2) is 14.4 Å². The van der Waals surface area contributed by atoms with E-state index in [4.69, 9.17) is 5.73 Å². The van der Waals surface area contributed by atoms with Gasteiger partial charge in [-0.15, -0.1) is 0 Å². The summed E-state index contributed by atoms with van der Waals surface area (Å²) in [6.07, 6.45) is -1.94. The SMILES string of the molecule is Nc1ncc(-c2ccc(-c3ccc(C(F)(F)F)cc3C(=O)N3CC[S+]([O-])CC3)cc2F)cn1. The number of aromatic nitrogens is 2. The fraction of sp³-hybridized carbons (Fsp3) is 0.227. The number of hydrogen-bond donors (Lipinski definition) is 1. The number of nitrogens with two attached hydrogens (primary N) is 1. The molecule has 1 amide bonds. The van der Waals surface area contributed by atoms with Crippen molar-refractivity contribution in [1.29, 1.82) is 0 Å². The number of nitrogens with zero attached hydrogens (tertiary/aromatic N) is 3. The van der Waals surface area contributed by atoms with Gasteiger partial charge in [-0.05, 0) is 29.3 Å². The van der Waals surface area contributed by atoms with Crippen LogP contribution in [0.1, 0.15) is 15.9 Å². The fourth-order valence-corrected chi connectivity index (χ4v) is 4.61. The predicted octanol–water partition coefficient (Wildman–Crippen LogP) is 3.76. The lowest BCUT2D eigenvalue weighted by Gasteiger charge is -2.29. The maximum absolute atomic E-state index is 14.9. The van der Waals surface area contributed by atoms with Gasteiger partial charge >= 0.3 is 6.18 Å². The summed E-state index contributed by atoms with van der Waals surface area (Å²) >= 11 is -1.06. The molecule has 0 spiro atoms. The van der Waals surface area contributed by atoms with E-state index in [1.807, 2.05) is 0 Å². The van der Waals surface area contributed by atoms with Crippen LogP contribution in [0.2, 0.25) is 0 Å². The van der Waals surface area contributed by atoms with E-state index in [1.165, 1.54) is 35.5 Å². The highest BCUT2D eigenvalue weighted by molar-refractivity contribution is 7.91. The molecule has 4 rings (SSSR count). The third kappa shape index (κ3) is 4.93. The summed E-state index contributed by atoms with van der Waals surface area (Å²) < 4.78 is 66.6. The number of amides is 1. The van der Waals surface area contributed by atoms with E-state index in [-0.39, 0.29) is 52.8 Å². The first kappa shape index (κ1) is 23.0. The summed E-state index contributed by atoms with van der Waals surface area (Å²) in [5.74, 6) is -0.734. The summed E-state index contributed by atoms with van der Waals surface area (Å²) in [5.41, 5.74) is 5.23. The number of carbonyl (C=O) groups is 1. The quantitative estimate of drug-likeness (QED) is 0.457. The van der Waals surface area contributed by atoms with Crippen LogP contribution in [0.4, 0.5) is 23.5 Å². The molecule has 2 aromatic carbocycles. The Kier molecular flexibility index (Phi) is 6.26. The van der Waals surface area contributed by atoms with Gasteiger partial charge in [0.1, 0.15) is 17.3 Å². The maximum atomic E-state index is 14.9. The smallest absolute Gasteiger partial charge is 0.416 e. The van der Waals surface area contributed by atoms with Crippen molar-refractivity contribution in [3.05, 3.63) is 65.7 Å². The number of carbonyl (C=O) groups excluding carboxylic acids is 1. The molecule has 11 heteroatoms. The van der Waals surface area contributed by atoms with Gasteiger partial charge in [-0.2, -0.15) is 13.2 Å². The maximum Gasteiger partial charge on any atom is 0.416 e. The first-order valence-electron chi connectivity index (χ1n) is 9.87. The Hall–Kier alpha value is -3.18. The number of benzene rings is 2. The van der Waals surface area contributed by atoms with Crippen LogP contribution < -0.4 is 5.73 Å². The minimum atomic E-state index is -4.65. The molecule has 3 aromatic rings. The molecule has 172 valence electrons. The van der Waals surface area contributed by atoms with E-state index in [0.29, 0.717) is 5.56 Å². The molecule has 0 unspecified atom stereocenters. The molecule has 1 aromatic heterocycles. The highest BCUT2D eigenvalue weighted by Gasteiger charge is 2.33. The van der Waals surface area contributed by atoms with Crippen molar-refractivity contribution in [3.63, 3.8) is 0 Å². The van der Waals surface area contributed by atoms with Crippen LogP contribution in [0.3, 0.4) is 0 Å². The molecule has 0 radical (unpaired) electrons. The Morgan fingerprint density at radius 1 is 1.00 bits per heavy atom. The van der Waals surface area contributed by atoms with Crippen molar-refractivity contribution in [2.24, 2.45) is 0 Å². The van der Waals surface area contributed by atoms with Gasteiger partial charge in [0.15, 0.2) is 0 Å². The first-order chi connectivity index (χ1) is 15.6. The normalized spacial score (nSPS) is 15.0. The molecule has 1 aliphatic rings. The second kappa shape index (κ2) is 8.99. The van der Waals surface area contributed by atoms with E-state index in [9.17, 15) is 26.9 Å². The zero-order chi connectivity index (χ0) is 23.8. The van der Waals surface area contributed by atoms with Crippen molar-refractivity contribution in [1.82, 2.24) is 14.9 Å². The Labute approximate surface area is 189 Å². The van der Waals surface area contributed by atoms with Crippen LogP contribution in [0.25, 0.3) is 22.3 Å². The second-order valence-corrected chi connectivity index (χ2v) is 9.12. The zero-order valence-corrected chi connectivity index (χ0v) is 17.9. The Balaban J connectivity index is 1.75. The van der Waals surface area contributed by atoms with Crippen molar-refractivity contribution < 1.29 is 26.9 Å². The molecule has 2 N–H and O–H groups in total. The molecule has 1 saturated heterocycles. The standard InChI is InChI=1S/C22H18F4N4O2S/c23-19-9-13(1-3-17(19)14-11-28-21(27)29-12-14)16-4-2-15(22(24,25)26)10-18(16)20(31)30-5-7-33(32)8-6-30/h1-4,9-12H,5-8H2,(H2,27,28,29). The number of hydrogen-bond acceptors (Lipinski definition) is 5. The Morgan fingerprint density at radius 2 is 1.64 bits per heavy atom. The van der Waals surface area contributed by atoms with E-state index in [0.717, 1.165) is 18.2 Å². The van der Waals surface area contributed by atoms with Crippen LogP contribution in [-0.4, -0.2) is 49.9 Å². The van der Waals surface area contributed by atoms with Gasteiger partial charge < -0.3 is 15.2 Å². The van der Waals surface area contributed by atoms with Gasteiger partial charge in [0.05, 0.1) is 18.7 Å². The van der Waals surface area contributed by atoms with Gasteiger partial charge in [0.25, 0.3) is 5.91 Å². The van der Waals surface area contributed by atoms with Crippen molar-refractivity contribution in [3.8, 4) is 22.3 Å². The van der Waals surface area contributed by atoms with Crippen LogP contribution in [0.5, 0.6) is 0 Å². The Bertz CT molecular complexity index is 1180. The van der Waals surface area contributed by atoms with E-state index in [1.54, 1.807) is 0 Å². The average Bonchev–Trinajstić information content (AvgIpc) is 2.79. The molecule has 0 aliphatic carbocycles. The molecule has 6 nitrogen and oxygen atoms in total. The van der Waals surface area contributed by atoms with Crippen LogP contribution in [0, 0.1) is 5.82 Å². The van der Waals surface area contributed by atoms with Crippen LogP contribution in [0.15, 0.2) is 48.8 Å². The molecule has 0 atom stereocenters. The lowest BCUT2D eigenvalue weighted by Crippen LogP contribution is -2.43. The zero-order valence-electron chi connectivity index (χ0n) is 17.1. The largest absolute Gasteiger partial charge is 0.616 e. The van der Waals surface area contributed by atoms with E-state index in [2.05, 4.69) is 9.97 Å². The summed E-state index contributed by atoms with van der Waals surface area (Å²) in [7, 11) is 0. The van der Waals surface area contributed by atoms with Crippen LogP contribution >= 0.6 is 0 Å². The highest BCUT2D eigenvalue weighted by Crippen LogP contribution is 2.35. The average molecular weight is 478 g/mol. The number of anilines is 1. The number of rotatable bonds is 3. The summed E-state index contributed by atoms with van der Waals surface area (Å²) in [6.45, 7) is 0.344. The minimum absolute atomic E-state index is 0.0326. The first-order valence-corrected chi connectivity index (χ1v) is 11.4. The predicted molar refractivity (Wildman–Crippen MR) is 116 cm³/mol. The third-order valence-corrected chi connectivity index (χ3v) is 6.58. The summed E-state index contributed by atoms with van der Waals surface area (Å²) in [5, 5.41) is 0. The topological polar surface area (TPSA) is 95.2 Å². The number of halogens is 4. The summed E-state index contributed by atoms with van der Waals surface area (Å²) in [6, 6.07) is 6.91. The van der Waals surface area contributed by atoms with Gasteiger partial charge in [0.2, 0.25) is 5.95 Å². The fourth-order valence-electron chi connectivity index (χ4n) is 3.55. The lowest BCUT2D eigenvalue weighted by molar-refractivity contribution is -0.137. The Morgan fingerprint density at radius 3 is 2.24 bits per heavy atom. The van der Waals surface area contributed by atoms with E-state index >= 15 is 0 Å². The molecule has 0 saturated carbocycles. The molecule has 2 heterocycles. The van der Waals surface area contributed by atoms with Crippen molar-refractivity contribution in [2.75, 3.05) is 30.3 Å². The number of alkyl halides is 3. The van der Waals surface area contributed by atoms with Gasteiger partial charge in [-0.1, -0.05) is 29.4 Å². The summed E-state index contributed by atoms with van der Waals surface area (Å²) in [4.78, 5) is 22.1.